The Bertz CT molecular complexity index is 602. The van der Waals surface area contributed by atoms with E-state index in [0.29, 0.717) is 30.3 Å². The number of likely N-dealkylation sites (tertiary alicyclic amines) is 1. The van der Waals surface area contributed by atoms with Crippen LogP contribution < -0.4 is 9.47 Å². The third-order valence-corrected chi connectivity index (χ3v) is 3.93. The summed E-state index contributed by atoms with van der Waals surface area (Å²) >= 11 is 0. The van der Waals surface area contributed by atoms with Crippen LogP contribution in [-0.2, 0) is 4.79 Å². The summed E-state index contributed by atoms with van der Waals surface area (Å²) in [5.41, 5.74) is 0.375. The highest BCUT2D eigenvalue weighted by Crippen LogP contribution is 2.35. The lowest BCUT2D eigenvalue weighted by molar-refractivity contribution is -0.138. The predicted octanol–water partition coefficient (Wildman–Crippen LogP) is 0.365. The number of amides is 1. The Morgan fingerprint density at radius 1 is 1.23 bits per heavy atom. The highest BCUT2D eigenvalue weighted by molar-refractivity contribution is 5.98. The molecule has 2 atom stereocenters. The smallest absolute Gasteiger partial charge is 0.303 e. The zero-order chi connectivity index (χ0) is 15.7. The zero-order valence-electron chi connectivity index (χ0n) is 11.9. The molecule has 0 unspecified atom stereocenters. The monoisotopic (exact) mass is 307 g/mol. The molecule has 0 saturated carbocycles. The third kappa shape index (κ3) is 2.71. The van der Waals surface area contributed by atoms with Crippen molar-refractivity contribution in [2.75, 3.05) is 26.3 Å². The van der Waals surface area contributed by atoms with Crippen LogP contribution in [0.1, 0.15) is 16.8 Å². The third-order valence-electron chi connectivity index (χ3n) is 3.93. The van der Waals surface area contributed by atoms with Crippen LogP contribution >= 0.6 is 0 Å². The van der Waals surface area contributed by atoms with Crippen LogP contribution in [0.15, 0.2) is 18.2 Å². The average Bonchev–Trinajstić information content (AvgIpc) is 2.86. The Hall–Kier alpha value is -2.28. The number of rotatable bonds is 3. The lowest BCUT2D eigenvalue weighted by Crippen LogP contribution is -2.30. The number of carboxylic acid groups (broad SMARTS) is 1. The lowest BCUT2D eigenvalue weighted by atomic mass is 10.0. The van der Waals surface area contributed by atoms with Gasteiger partial charge in [0.25, 0.3) is 5.91 Å². The molecule has 7 nitrogen and oxygen atoms in total. The van der Waals surface area contributed by atoms with Crippen molar-refractivity contribution in [2.45, 2.75) is 12.5 Å². The summed E-state index contributed by atoms with van der Waals surface area (Å²) in [5, 5.41) is 18.8. The van der Waals surface area contributed by atoms with E-state index < -0.39 is 18.0 Å². The number of carbonyl (C=O) groups excluding carboxylic acids is 1. The number of ether oxygens (including phenoxy) is 2. The average molecular weight is 307 g/mol. The second kappa shape index (κ2) is 5.84. The largest absolute Gasteiger partial charge is 0.486 e. The highest BCUT2D eigenvalue weighted by Gasteiger charge is 2.36. The van der Waals surface area contributed by atoms with Gasteiger partial charge in [0.05, 0.1) is 18.1 Å². The van der Waals surface area contributed by atoms with Crippen LogP contribution in [0.25, 0.3) is 0 Å². The summed E-state index contributed by atoms with van der Waals surface area (Å²) in [6.45, 7) is 1.16. The molecular weight excluding hydrogens is 290 g/mol. The summed E-state index contributed by atoms with van der Waals surface area (Å²) < 4.78 is 11.0. The molecule has 118 valence electrons. The van der Waals surface area contributed by atoms with Crippen molar-refractivity contribution in [1.29, 1.82) is 0 Å². The molecule has 1 saturated heterocycles. The van der Waals surface area contributed by atoms with Gasteiger partial charge in [-0.15, -0.1) is 0 Å². The molecule has 0 aliphatic carbocycles. The fourth-order valence-corrected chi connectivity index (χ4v) is 2.86. The van der Waals surface area contributed by atoms with Gasteiger partial charge in [-0.2, -0.15) is 0 Å². The summed E-state index contributed by atoms with van der Waals surface area (Å²) in [7, 11) is 0. The standard InChI is InChI=1S/C15H17NO6/c17-11-8-16(7-9(11)6-13(18)19)15(20)10-2-1-3-12-14(10)22-5-4-21-12/h1-3,9,11,17H,4-8H2,(H,18,19)/t9-,11-/m1/s1. The molecule has 0 radical (unpaired) electrons. The van der Waals surface area contributed by atoms with E-state index in [-0.39, 0.29) is 25.4 Å². The molecule has 2 aliphatic heterocycles. The minimum Gasteiger partial charge on any atom is -0.486 e. The van der Waals surface area contributed by atoms with Crippen LogP contribution in [-0.4, -0.2) is 59.4 Å². The van der Waals surface area contributed by atoms with Gasteiger partial charge in [-0.05, 0) is 12.1 Å². The number of nitrogens with zero attached hydrogens (tertiary/aromatic N) is 1. The molecule has 0 aromatic heterocycles. The van der Waals surface area contributed by atoms with E-state index in [9.17, 15) is 14.7 Å². The number of β-amino-alcohol motifs (C(OH)–C–C–N with tert-alkyl or cyclic N) is 1. The predicted molar refractivity (Wildman–Crippen MR) is 75.1 cm³/mol. The summed E-state index contributed by atoms with van der Waals surface area (Å²) in [6.07, 6.45) is -0.978. The molecule has 3 rings (SSSR count). The van der Waals surface area contributed by atoms with E-state index in [1.807, 2.05) is 0 Å². The summed E-state index contributed by atoms with van der Waals surface area (Å²) in [6, 6.07) is 5.09. The molecule has 7 heteroatoms. The second-order valence-corrected chi connectivity index (χ2v) is 5.47. The highest BCUT2D eigenvalue weighted by atomic mass is 16.6. The Kier molecular flexibility index (Phi) is 3.89. The number of benzene rings is 1. The molecule has 2 heterocycles. The van der Waals surface area contributed by atoms with Crippen molar-refractivity contribution >= 4 is 11.9 Å². The summed E-state index contributed by atoms with van der Waals surface area (Å²) in [5.74, 6) is -0.770. The zero-order valence-corrected chi connectivity index (χ0v) is 11.9. The van der Waals surface area contributed by atoms with Gasteiger partial charge >= 0.3 is 5.97 Å². The van der Waals surface area contributed by atoms with Crippen LogP contribution in [0, 0.1) is 5.92 Å². The van der Waals surface area contributed by atoms with Gasteiger partial charge < -0.3 is 24.6 Å². The van der Waals surface area contributed by atoms with Crippen molar-refractivity contribution in [3.8, 4) is 11.5 Å². The Morgan fingerprint density at radius 3 is 2.77 bits per heavy atom. The van der Waals surface area contributed by atoms with Crippen molar-refractivity contribution in [2.24, 2.45) is 5.92 Å². The van der Waals surface area contributed by atoms with Gasteiger partial charge in [0, 0.05) is 19.0 Å². The number of carbonyl (C=O) groups is 2. The Morgan fingerprint density at radius 2 is 2.00 bits per heavy atom. The molecule has 0 spiro atoms. The van der Waals surface area contributed by atoms with E-state index in [4.69, 9.17) is 14.6 Å². The van der Waals surface area contributed by atoms with Crippen molar-refractivity contribution < 1.29 is 29.3 Å². The number of aliphatic hydroxyl groups is 1. The first-order valence-corrected chi connectivity index (χ1v) is 7.14. The molecule has 0 bridgehead atoms. The normalized spacial score (nSPS) is 23.4. The van der Waals surface area contributed by atoms with Gasteiger partial charge in [0.1, 0.15) is 13.2 Å². The number of aliphatic carboxylic acids is 1. The van der Waals surface area contributed by atoms with Crippen LogP contribution in [0.3, 0.4) is 0 Å². The van der Waals surface area contributed by atoms with E-state index in [1.165, 1.54) is 4.90 Å². The minimum absolute atomic E-state index is 0.126. The molecule has 2 aliphatic rings. The van der Waals surface area contributed by atoms with Gasteiger partial charge in [0.2, 0.25) is 0 Å². The topological polar surface area (TPSA) is 96.3 Å². The minimum atomic E-state index is -0.979. The van der Waals surface area contributed by atoms with E-state index in [2.05, 4.69) is 0 Å². The first-order valence-electron chi connectivity index (χ1n) is 7.14. The number of para-hydroxylation sites is 1. The number of fused-ring (bicyclic) bond motifs is 1. The number of hydrogen-bond donors (Lipinski definition) is 2. The van der Waals surface area contributed by atoms with Crippen molar-refractivity contribution in [1.82, 2.24) is 4.90 Å². The Balaban J connectivity index is 1.79. The first-order chi connectivity index (χ1) is 10.6. The maximum Gasteiger partial charge on any atom is 0.303 e. The fourth-order valence-electron chi connectivity index (χ4n) is 2.86. The SMILES string of the molecule is O=C(O)C[C@@H]1CN(C(=O)c2cccc3c2OCCO3)C[C@H]1O. The van der Waals surface area contributed by atoms with E-state index >= 15 is 0 Å². The van der Waals surface area contributed by atoms with E-state index in [0.717, 1.165) is 0 Å². The lowest BCUT2D eigenvalue weighted by Gasteiger charge is -2.23. The van der Waals surface area contributed by atoms with Crippen molar-refractivity contribution in [3.05, 3.63) is 23.8 Å². The molecular formula is C15H17NO6. The van der Waals surface area contributed by atoms with Gasteiger partial charge in [0.15, 0.2) is 11.5 Å². The van der Waals surface area contributed by atoms with Gasteiger partial charge in [-0.3, -0.25) is 9.59 Å². The van der Waals surface area contributed by atoms with Gasteiger partial charge in [-0.1, -0.05) is 6.07 Å². The van der Waals surface area contributed by atoms with Crippen LogP contribution in [0.2, 0.25) is 0 Å². The molecule has 22 heavy (non-hydrogen) atoms. The fraction of sp³-hybridized carbons (Fsp3) is 0.467. The molecule has 1 aromatic carbocycles. The Labute approximate surface area is 127 Å². The number of carboxylic acids is 1. The first kappa shape index (κ1) is 14.6. The molecule has 1 amide bonds. The summed E-state index contributed by atoms with van der Waals surface area (Å²) in [4.78, 5) is 24.9. The maximum atomic E-state index is 12.6. The van der Waals surface area contributed by atoms with E-state index in [1.54, 1.807) is 18.2 Å². The number of aliphatic hydroxyl groups excluding tert-OH is 1. The second-order valence-electron chi connectivity index (χ2n) is 5.47. The number of hydrogen-bond acceptors (Lipinski definition) is 5. The van der Waals surface area contributed by atoms with Gasteiger partial charge in [-0.25, -0.2) is 0 Å². The molecule has 1 aromatic rings. The quantitative estimate of drug-likeness (QED) is 0.837. The van der Waals surface area contributed by atoms with Crippen molar-refractivity contribution in [3.63, 3.8) is 0 Å². The van der Waals surface area contributed by atoms with Crippen LogP contribution in [0.4, 0.5) is 0 Å². The molecule has 1 fully saturated rings. The van der Waals surface area contributed by atoms with Crippen LogP contribution in [0.5, 0.6) is 11.5 Å². The maximum absolute atomic E-state index is 12.6. The molecule has 2 N–H and O–H groups in total.